The molecule has 8 heteroatoms. The molecule has 1 fully saturated rings. The first-order valence-corrected chi connectivity index (χ1v) is 6.72. The highest BCUT2D eigenvalue weighted by atomic mass is 79.9. The van der Waals surface area contributed by atoms with Crippen molar-refractivity contribution in [2.24, 2.45) is 0 Å². The van der Waals surface area contributed by atoms with Crippen molar-refractivity contribution in [1.29, 1.82) is 0 Å². The number of nitrogens with zero attached hydrogens (tertiary/aromatic N) is 2. The number of nitro groups is 1. The number of carboxylic acids is 1. The minimum absolute atomic E-state index is 0.00176. The van der Waals surface area contributed by atoms with Gasteiger partial charge in [-0.05, 0) is 47.8 Å². The topological polar surface area (TPSA) is 83.7 Å². The van der Waals surface area contributed by atoms with Crippen molar-refractivity contribution in [2.45, 2.75) is 25.3 Å². The summed E-state index contributed by atoms with van der Waals surface area (Å²) in [5.74, 6) is -2.07. The summed E-state index contributed by atoms with van der Waals surface area (Å²) in [4.78, 5) is 23.1. The summed E-state index contributed by atoms with van der Waals surface area (Å²) >= 11 is 2.90. The van der Waals surface area contributed by atoms with Gasteiger partial charge in [-0.15, -0.1) is 0 Å². The number of hydrogen-bond acceptors (Lipinski definition) is 4. The molecule has 0 unspecified atom stereocenters. The smallest absolute Gasteiger partial charge is 0.329 e. The van der Waals surface area contributed by atoms with Gasteiger partial charge >= 0.3 is 11.7 Å². The lowest BCUT2D eigenvalue weighted by atomic mass is 9.98. The first-order chi connectivity index (χ1) is 9.29. The summed E-state index contributed by atoms with van der Waals surface area (Å²) in [7, 11) is 0. The Morgan fingerprint density at radius 2 is 2.25 bits per heavy atom. The van der Waals surface area contributed by atoms with Gasteiger partial charge in [0.25, 0.3) is 0 Å². The fourth-order valence-electron chi connectivity index (χ4n) is 2.49. The second kappa shape index (κ2) is 5.01. The Balaban J connectivity index is 2.61. The first-order valence-electron chi connectivity index (χ1n) is 5.92. The number of benzene rings is 1. The molecule has 0 radical (unpaired) electrons. The quantitative estimate of drug-likeness (QED) is 0.671. The van der Waals surface area contributed by atoms with Crippen LogP contribution < -0.4 is 4.90 Å². The van der Waals surface area contributed by atoms with Gasteiger partial charge in [0, 0.05) is 6.54 Å². The largest absolute Gasteiger partial charge is 0.480 e. The van der Waals surface area contributed by atoms with Crippen molar-refractivity contribution in [3.63, 3.8) is 0 Å². The third kappa shape index (κ3) is 2.13. The SMILES string of the molecule is C[C@@]1(C(=O)O)CCCN1c1ccc(Br)c(F)c1[N+](=O)[O-]. The van der Waals surface area contributed by atoms with Crippen LogP contribution in [0.3, 0.4) is 0 Å². The molecule has 1 heterocycles. The Hall–Kier alpha value is -1.70. The summed E-state index contributed by atoms with van der Waals surface area (Å²) in [6.07, 6.45) is 0.939. The molecule has 20 heavy (non-hydrogen) atoms. The zero-order valence-electron chi connectivity index (χ0n) is 10.6. The number of carbonyl (C=O) groups is 1. The highest BCUT2D eigenvalue weighted by Gasteiger charge is 2.46. The summed E-state index contributed by atoms with van der Waals surface area (Å²) in [5, 5.41) is 20.4. The third-order valence-electron chi connectivity index (χ3n) is 3.62. The Morgan fingerprint density at radius 1 is 1.60 bits per heavy atom. The summed E-state index contributed by atoms with van der Waals surface area (Å²) in [6.45, 7) is 1.83. The molecule has 1 N–H and O–H groups in total. The van der Waals surface area contributed by atoms with E-state index in [9.17, 15) is 24.4 Å². The number of aliphatic carboxylic acids is 1. The van der Waals surface area contributed by atoms with E-state index in [0.29, 0.717) is 19.4 Å². The average molecular weight is 347 g/mol. The molecule has 0 aliphatic carbocycles. The van der Waals surface area contributed by atoms with Gasteiger partial charge in [-0.1, -0.05) is 0 Å². The van der Waals surface area contributed by atoms with Crippen LogP contribution in [0, 0.1) is 15.9 Å². The number of anilines is 1. The van der Waals surface area contributed by atoms with Crippen LogP contribution in [0.2, 0.25) is 0 Å². The van der Waals surface area contributed by atoms with Crippen LogP contribution in [0.25, 0.3) is 0 Å². The minimum Gasteiger partial charge on any atom is -0.480 e. The van der Waals surface area contributed by atoms with Gasteiger partial charge in [-0.3, -0.25) is 10.1 Å². The number of rotatable bonds is 3. The average Bonchev–Trinajstić information content (AvgIpc) is 2.75. The van der Waals surface area contributed by atoms with E-state index in [0.717, 1.165) is 0 Å². The monoisotopic (exact) mass is 346 g/mol. The zero-order chi connectivity index (χ0) is 15.1. The van der Waals surface area contributed by atoms with Crippen LogP contribution in [0.15, 0.2) is 16.6 Å². The maximum atomic E-state index is 14.0. The predicted octanol–water partition coefficient (Wildman–Crippen LogP) is 2.94. The molecule has 0 spiro atoms. The maximum absolute atomic E-state index is 14.0. The Kier molecular flexibility index (Phi) is 3.68. The van der Waals surface area contributed by atoms with E-state index in [-0.39, 0.29) is 10.2 Å². The first kappa shape index (κ1) is 14.7. The van der Waals surface area contributed by atoms with Crippen LogP contribution in [-0.4, -0.2) is 28.1 Å². The van der Waals surface area contributed by atoms with E-state index in [2.05, 4.69) is 15.9 Å². The molecule has 1 saturated heterocycles. The molecular formula is C12H12BrFN2O4. The van der Waals surface area contributed by atoms with Crippen molar-refractivity contribution < 1.29 is 19.2 Å². The fourth-order valence-corrected chi connectivity index (χ4v) is 2.81. The van der Waals surface area contributed by atoms with Gasteiger partial charge in [0.1, 0.15) is 11.2 Å². The van der Waals surface area contributed by atoms with Crippen molar-refractivity contribution in [3.8, 4) is 0 Å². The van der Waals surface area contributed by atoms with Gasteiger partial charge in [-0.25, -0.2) is 4.79 Å². The molecular weight excluding hydrogens is 335 g/mol. The fraction of sp³-hybridized carbons (Fsp3) is 0.417. The molecule has 6 nitrogen and oxygen atoms in total. The Morgan fingerprint density at radius 3 is 2.80 bits per heavy atom. The second-order valence-electron chi connectivity index (χ2n) is 4.82. The Bertz CT molecular complexity index is 595. The molecule has 0 saturated carbocycles. The van der Waals surface area contributed by atoms with Crippen molar-refractivity contribution in [1.82, 2.24) is 0 Å². The maximum Gasteiger partial charge on any atom is 0.329 e. The summed E-state index contributed by atoms with van der Waals surface area (Å²) in [5.41, 5.74) is -1.96. The zero-order valence-corrected chi connectivity index (χ0v) is 12.2. The third-order valence-corrected chi connectivity index (χ3v) is 4.24. The van der Waals surface area contributed by atoms with E-state index in [1.807, 2.05) is 0 Å². The van der Waals surface area contributed by atoms with Crippen molar-refractivity contribution >= 4 is 33.3 Å². The summed E-state index contributed by atoms with van der Waals surface area (Å²) < 4.78 is 13.9. The lowest BCUT2D eigenvalue weighted by Gasteiger charge is -2.32. The van der Waals surface area contributed by atoms with Gasteiger partial charge in [0.15, 0.2) is 0 Å². The normalized spacial score (nSPS) is 22.1. The van der Waals surface area contributed by atoms with E-state index < -0.39 is 27.9 Å². The van der Waals surface area contributed by atoms with Crippen LogP contribution in [0.4, 0.5) is 15.8 Å². The van der Waals surface area contributed by atoms with Crippen LogP contribution >= 0.6 is 15.9 Å². The molecule has 2 rings (SSSR count). The van der Waals surface area contributed by atoms with Gasteiger partial charge in [0.05, 0.1) is 9.40 Å². The molecule has 0 bridgehead atoms. The molecule has 108 valence electrons. The lowest BCUT2D eigenvalue weighted by Crippen LogP contribution is -2.48. The number of hydrogen-bond donors (Lipinski definition) is 1. The Labute approximate surface area is 122 Å². The van der Waals surface area contributed by atoms with Crippen molar-refractivity contribution in [3.05, 3.63) is 32.5 Å². The molecule has 1 aliphatic heterocycles. The van der Waals surface area contributed by atoms with Crippen LogP contribution in [0.5, 0.6) is 0 Å². The molecule has 1 atom stereocenters. The molecule has 0 aromatic heterocycles. The number of halogens is 2. The summed E-state index contributed by atoms with van der Waals surface area (Å²) in [6, 6.07) is 2.72. The van der Waals surface area contributed by atoms with Gasteiger partial charge < -0.3 is 10.0 Å². The van der Waals surface area contributed by atoms with Gasteiger partial charge in [0.2, 0.25) is 5.82 Å². The van der Waals surface area contributed by atoms with Crippen LogP contribution in [-0.2, 0) is 4.79 Å². The molecule has 1 aliphatic rings. The number of nitro benzene ring substituents is 1. The molecule has 1 aromatic carbocycles. The standard InChI is InChI=1S/C12H12BrFN2O4/c1-12(11(17)18)5-2-6-15(12)8-4-3-7(13)9(14)10(8)16(19)20/h3-4H,2,5-6H2,1H3,(H,17,18)/t12-/m0/s1. The van der Waals surface area contributed by atoms with E-state index in [1.54, 1.807) is 0 Å². The van der Waals surface area contributed by atoms with Gasteiger partial charge in [-0.2, -0.15) is 4.39 Å². The minimum atomic E-state index is -1.26. The molecule has 1 aromatic rings. The highest BCUT2D eigenvalue weighted by molar-refractivity contribution is 9.10. The van der Waals surface area contributed by atoms with E-state index >= 15 is 0 Å². The second-order valence-corrected chi connectivity index (χ2v) is 5.67. The lowest BCUT2D eigenvalue weighted by molar-refractivity contribution is -0.386. The highest BCUT2D eigenvalue weighted by Crippen LogP contribution is 2.41. The van der Waals surface area contributed by atoms with Crippen molar-refractivity contribution in [2.75, 3.05) is 11.4 Å². The van der Waals surface area contributed by atoms with Crippen LogP contribution in [0.1, 0.15) is 19.8 Å². The number of carboxylic acid groups (broad SMARTS) is 1. The molecule has 0 amide bonds. The van der Waals surface area contributed by atoms with E-state index in [1.165, 1.54) is 24.0 Å². The van der Waals surface area contributed by atoms with E-state index in [4.69, 9.17) is 0 Å². The predicted molar refractivity (Wildman–Crippen MR) is 73.4 cm³/mol.